The van der Waals surface area contributed by atoms with Crippen LogP contribution in [-0.2, 0) is 0 Å². The summed E-state index contributed by atoms with van der Waals surface area (Å²) in [7, 11) is 0. The van der Waals surface area contributed by atoms with E-state index in [-0.39, 0.29) is 17.5 Å². The molecule has 1 heterocycles. The average Bonchev–Trinajstić information content (AvgIpc) is 2.84. The maximum absolute atomic E-state index is 12.8. The first-order valence-electron chi connectivity index (χ1n) is 6.45. The summed E-state index contributed by atoms with van der Waals surface area (Å²) in [6.07, 6.45) is 0. The first-order chi connectivity index (χ1) is 10.1. The summed E-state index contributed by atoms with van der Waals surface area (Å²) in [5.74, 6) is -0.459. The van der Waals surface area contributed by atoms with Gasteiger partial charge in [0.2, 0.25) is 0 Å². The quantitative estimate of drug-likeness (QED) is 0.722. The molecule has 106 valence electrons. The van der Waals surface area contributed by atoms with E-state index in [4.69, 9.17) is 4.42 Å². The van der Waals surface area contributed by atoms with Crippen molar-refractivity contribution in [3.8, 4) is 0 Å². The van der Waals surface area contributed by atoms with Gasteiger partial charge in [0.05, 0.1) is 5.69 Å². The van der Waals surface area contributed by atoms with Gasteiger partial charge in [-0.1, -0.05) is 18.2 Å². The van der Waals surface area contributed by atoms with Crippen molar-refractivity contribution in [3.63, 3.8) is 0 Å². The van der Waals surface area contributed by atoms with Gasteiger partial charge in [-0.05, 0) is 37.3 Å². The maximum atomic E-state index is 12.8. The molecule has 21 heavy (non-hydrogen) atoms. The Bertz CT molecular complexity index is 794. The molecule has 0 saturated carbocycles. The number of hydrogen-bond donors (Lipinski definition) is 2. The van der Waals surface area contributed by atoms with Gasteiger partial charge in [0, 0.05) is 10.9 Å². The molecule has 1 aromatic heterocycles. The van der Waals surface area contributed by atoms with E-state index in [1.54, 1.807) is 0 Å². The lowest BCUT2D eigenvalue weighted by Crippen LogP contribution is -2.29. The predicted molar refractivity (Wildman–Crippen MR) is 78.4 cm³/mol. The molecule has 2 N–H and O–H groups in total. The van der Waals surface area contributed by atoms with Crippen LogP contribution in [0.2, 0.25) is 0 Å². The number of aryl methyl sites for hydroxylation is 1. The lowest BCUT2D eigenvalue weighted by Gasteiger charge is -2.07. The zero-order valence-electron chi connectivity index (χ0n) is 11.3. The normalized spacial score (nSPS) is 10.6. The molecule has 0 aliphatic carbocycles. The number of carbonyl (C=O) groups excluding carboxylic acids is 1. The van der Waals surface area contributed by atoms with Crippen molar-refractivity contribution in [1.82, 2.24) is 5.43 Å². The van der Waals surface area contributed by atoms with Gasteiger partial charge in [-0.25, -0.2) is 4.39 Å². The van der Waals surface area contributed by atoms with Crippen LogP contribution in [0, 0.1) is 12.7 Å². The fourth-order valence-corrected chi connectivity index (χ4v) is 2.11. The second-order valence-electron chi connectivity index (χ2n) is 4.64. The fraction of sp³-hybridized carbons (Fsp3) is 0.0625. The number of rotatable bonds is 3. The van der Waals surface area contributed by atoms with E-state index in [1.165, 1.54) is 24.3 Å². The van der Waals surface area contributed by atoms with Crippen molar-refractivity contribution in [2.45, 2.75) is 6.92 Å². The number of hydrogen-bond acceptors (Lipinski definition) is 3. The Balaban J connectivity index is 1.78. The van der Waals surface area contributed by atoms with Gasteiger partial charge >= 0.3 is 5.91 Å². The van der Waals surface area contributed by atoms with Crippen LogP contribution in [0.15, 0.2) is 52.9 Å². The molecular formula is C16H13FN2O2. The van der Waals surface area contributed by atoms with E-state index in [2.05, 4.69) is 10.9 Å². The minimum absolute atomic E-state index is 0.255. The van der Waals surface area contributed by atoms with Gasteiger partial charge in [-0.2, -0.15) is 0 Å². The predicted octanol–water partition coefficient (Wildman–Crippen LogP) is 3.64. The average molecular weight is 284 g/mol. The number of amides is 1. The highest BCUT2D eigenvalue weighted by Crippen LogP contribution is 2.24. The highest BCUT2D eigenvalue weighted by Gasteiger charge is 2.16. The molecule has 4 nitrogen and oxygen atoms in total. The molecule has 0 saturated heterocycles. The van der Waals surface area contributed by atoms with Crippen molar-refractivity contribution >= 4 is 22.6 Å². The second-order valence-corrected chi connectivity index (χ2v) is 4.64. The van der Waals surface area contributed by atoms with Crippen LogP contribution in [0.5, 0.6) is 0 Å². The zero-order valence-corrected chi connectivity index (χ0v) is 11.3. The van der Waals surface area contributed by atoms with Crippen molar-refractivity contribution in [1.29, 1.82) is 0 Å². The van der Waals surface area contributed by atoms with Crippen LogP contribution in [0.3, 0.4) is 0 Å². The number of benzene rings is 2. The largest absolute Gasteiger partial charge is 0.451 e. The number of furan rings is 1. The summed E-state index contributed by atoms with van der Waals surface area (Å²) in [4.78, 5) is 12.1. The molecule has 0 atom stereocenters. The Kier molecular flexibility index (Phi) is 3.31. The van der Waals surface area contributed by atoms with Crippen LogP contribution in [0.1, 0.15) is 16.1 Å². The number of nitrogens with one attached hydrogen (secondary N) is 2. The third-order valence-electron chi connectivity index (χ3n) is 3.21. The summed E-state index contributed by atoms with van der Waals surface area (Å²) < 4.78 is 18.3. The van der Waals surface area contributed by atoms with Crippen LogP contribution in [0.25, 0.3) is 11.0 Å². The van der Waals surface area contributed by atoms with E-state index >= 15 is 0 Å². The topological polar surface area (TPSA) is 54.3 Å². The lowest BCUT2D eigenvalue weighted by atomic mass is 10.1. The standard InChI is InChI=1S/C16H13FN2O2/c1-10-13-4-2-3-5-14(13)21-15(10)16(20)19-18-12-8-6-11(17)7-9-12/h2-9,18H,1H3,(H,19,20). The molecule has 3 aromatic rings. The van der Waals surface area contributed by atoms with Crippen LogP contribution in [0.4, 0.5) is 10.1 Å². The summed E-state index contributed by atoms with van der Waals surface area (Å²) in [5, 5.41) is 0.907. The Morgan fingerprint density at radius 1 is 1.10 bits per heavy atom. The zero-order chi connectivity index (χ0) is 14.8. The molecule has 0 radical (unpaired) electrons. The Morgan fingerprint density at radius 2 is 1.81 bits per heavy atom. The minimum atomic E-state index is -0.381. The molecule has 3 rings (SSSR count). The molecule has 0 fully saturated rings. The molecule has 1 amide bonds. The minimum Gasteiger partial charge on any atom is -0.451 e. The molecule has 0 spiro atoms. The van der Waals surface area contributed by atoms with Crippen molar-refractivity contribution in [3.05, 3.63) is 65.7 Å². The van der Waals surface area contributed by atoms with E-state index < -0.39 is 0 Å². The highest BCUT2D eigenvalue weighted by atomic mass is 19.1. The second kappa shape index (κ2) is 5.28. The smallest absolute Gasteiger partial charge is 0.305 e. The van der Waals surface area contributed by atoms with Gasteiger partial charge in [0.15, 0.2) is 5.76 Å². The highest BCUT2D eigenvalue weighted by molar-refractivity contribution is 5.99. The van der Waals surface area contributed by atoms with Crippen LogP contribution < -0.4 is 10.9 Å². The number of carbonyl (C=O) groups is 1. The van der Waals surface area contributed by atoms with Gasteiger partial charge in [-0.3, -0.25) is 15.6 Å². The molecule has 2 aromatic carbocycles. The number of hydrazine groups is 1. The Hall–Kier alpha value is -2.82. The molecule has 5 heteroatoms. The summed E-state index contributed by atoms with van der Waals surface area (Å²) in [5.41, 5.74) is 7.28. The van der Waals surface area contributed by atoms with Gasteiger partial charge in [0.1, 0.15) is 11.4 Å². The van der Waals surface area contributed by atoms with E-state index in [0.717, 1.165) is 10.9 Å². The fourth-order valence-electron chi connectivity index (χ4n) is 2.11. The molecule has 0 aliphatic rings. The number of halogens is 1. The molecule has 0 bridgehead atoms. The van der Waals surface area contributed by atoms with Gasteiger partial charge in [-0.15, -0.1) is 0 Å². The van der Waals surface area contributed by atoms with Crippen molar-refractivity contribution in [2.75, 3.05) is 5.43 Å². The first kappa shape index (κ1) is 13.2. The van der Waals surface area contributed by atoms with Crippen molar-refractivity contribution in [2.24, 2.45) is 0 Å². The molecular weight excluding hydrogens is 271 g/mol. The van der Waals surface area contributed by atoms with Crippen molar-refractivity contribution < 1.29 is 13.6 Å². The number of para-hydroxylation sites is 1. The summed E-state index contributed by atoms with van der Waals surface area (Å²) >= 11 is 0. The Morgan fingerprint density at radius 3 is 2.52 bits per heavy atom. The molecule has 0 unspecified atom stereocenters. The monoisotopic (exact) mass is 284 g/mol. The van der Waals surface area contributed by atoms with E-state index in [1.807, 2.05) is 31.2 Å². The maximum Gasteiger partial charge on any atom is 0.305 e. The van der Waals surface area contributed by atoms with E-state index in [0.29, 0.717) is 11.3 Å². The third-order valence-corrected chi connectivity index (χ3v) is 3.21. The van der Waals surface area contributed by atoms with Gasteiger partial charge in [0.25, 0.3) is 0 Å². The SMILES string of the molecule is Cc1c(C(=O)NNc2ccc(F)cc2)oc2ccccc12. The Labute approximate surface area is 120 Å². The van der Waals surface area contributed by atoms with E-state index in [9.17, 15) is 9.18 Å². The number of anilines is 1. The summed E-state index contributed by atoms with van der Waals surface area (Å²) in [6, 6.07) is 13.1. The number of fused-ring (bicyclic) bond motifs is 1. The van der Waals surface area contributed by atoms with Gasteiger partial charge < -0.3 is 4.42 Å². The third kappa shape index (κ3) is 2.58. The lowest BCUT2D eigenvalue weighted by molar-refractivity contribution is 0.0936. The molecule has 0 aliphatic heterocycles. The summed E-state index contributed by atoms with van der Waals surface area (Å²) in [6.45, 7) is 1.83. The first-order valence-corrected chi connectivity index (χ1v) is 6.45. The van der Waals surface area contributed by atoms with Crippen LogP contribution >= 0.6 is 0 Å². The van der Waals surface area contributed by atoms with Crippen LogP contribution in [-0.4, -0.2) is 5.91 Å².